The third kappa shape index (κ3) is 3.79. The summed E-state index contributed by atoms with van der Waals surface area (Å²) in [6, 6.07) is 10.0. The number of benzene rings is 1. The molecule has 0 amide bonds. The van der Waals surface area contributed by atoms with Crippen molar-refractivity contribution in [1.82, 2.24) is 10.2 Å². The van der Waals surface area contributed by atoms with E-state index in [0.29, 0.717) is 18.3 Å². The summed E-state index contributed by atoms with van der Waals surface area (Å²) in [4.78, 5) is 0. The van der Waals surface area contributed by atoms with Crippen molar-refractivity contribution < 1.29 is 4.57 Å². The Balaban J connectivity index is 2.25. The maximum absolute atomic E-state index is 13.3. The first kappa shape index (κ1) is 15.9. The van der Waals surface area contributed by atoms with Crippen molar-refractivity contribution in [2.75, 3.05) is 17.2 Å². The van der Waals surface area contributed by atoms with E-state index < -0.39 is 7.59 Å². The highest BCUT2D eigenvalue weighted by Gasteiger charge is 2.34. The first-order valence-electron chi connectivity index (χ1n) is 7.32. The van der Waals surface area contributed by atoms with Gasteiger partial charge in [0.05, 0.1) is 5.69 Å². The van der Waals surface area contributed by atoms with Gasteiger partial charge in [0.1, 0.15) is 0 Å². The predicted octanol–water partition coefficient (Wildman–Crippen LogP) is 4.02. The van der Waals surface area contributed by atoms with Crippen molar-refractivity contribution in [2.45, 2.75) is 38.4 Å². The van der Waals surface area contributed by atoms with Crippen molar-refractivity contribution >= 4 is 25.2 Å². The van der Waals surface area contributed by atoms with Crippen LogP contribution >= 0.6 is 19.5 Å². The lowest BCUT2D eigenvalue weighted by molar-refractivity contribution is 0.521. The molecule has 0 radical (unpaired) electrons. The molecule has 0 unspecified atom stereocenters. The van der Waals surface area contributed by atoms with E-state index >= 15 is 0 Å². The topological polar surface area (TPSA) is 44.4 Å². The molecule has 1 aliphatic rings. The predicted molar refractivity (Wildman–Crippen MR) is 89.1 cm³/mol. The molecule has 0 aromatic heterocycles. The summed E-state index contributed by atoms with van der Waals surface area (Å²) >= 11 is 1.72. The molecule has 1 fully saturated rings. The molecule has 1 saturated carbocycles. The van der Waals surface area contributed by atoms with Crippen molar-refractivity contribution in [3.05, 3.63) is 30.3 Å². The second-order valence-electron chi connectivity index (χ2n) is 4.87. The lowest BCUT2D eigenvalue weighted by atomic mass is 10.0. The Morgan fingerprint density at radius 1 is 1.20 bits per heavy atom. The zero-order valence-corrected chi connectivity index (χ0v) is 13.9. The number of hydrogen-bond acceptors (Lipinski definition) is 2. The second kappa shape index (κ2) is 7.51. The van der Waals surface area contributed by atoms with Crippen molar-refractivity contribution in [3.8, 4) is 0 Å². The number of anilines is 1. The molecular weight excluding hydrogens is 289 g/mol. The SMILES string of the molecule is CCNP(=O)(NCC)N(SC1CCC1)c1ccccc1. The maximum Gasteiger partial charge on any atom is 0.315 e. The number of nitrogens with zero attached hydrogens (tertiary/aromatic N) is 1. The minimum Gasteiger partial charge on any atom is -0.263 e. The van der Waals surface area contributed by atoms with Crippen LogP contribution in [0.2, 0.25) is 0 Å². The molecule has 2 rings (SSSR count). The molecule has 0 atom stereocenters. The van der Waals surface area contributed by atoms with E-state index in [1.807, 2.05) is 48.3 Å². The van der Waals surface area contributed by atoms with Crippen LogP contribution in [-0.2, 0) is 4.57 Å². The Kier molecular flexibility index (Phi) is 5.97. The van der Waals surface area contributed by atoms with E-state index in [1.54, 1.807) is 11.9 Å². The monoisotopic (exact) mass is 313 g/mol. The fourth-order valence-corrected chi connectivity index (χ4v) is 6.11. The molecule has 4 nitrogen and oxygen atoms in total. The second-order valence-corrected chi connectivity index (χ2v) is 8.56. The average molecular weight is 313 g/mol. The summed E-state index contributed by atoms with van der Waals surface area (Å²) in [6.07, 6.45) is 3.71. The summed E-state index contributed by atoms with van der Waals surface area (Å²) < 4.78 is 15.2. The molecule has 6 heteroatoms. The highest BCUT2D eigenvalue weighted by Crippen LogP contribution is 2.52. The van der Waals surface area contributed by atoms with Gasteiger partial charge in [-0.15, -0.1) is 0 Å². The normalized spacial score (nSPS) is 15.9. The van der Waals surface area contributed by atoms with Gasteiger partial charge in [0.25, 0.3) is 0 Å². The molecule has 2 N–H and O–H groups in total. The smallest absolute Gasteiger partial charge is 0.263 e. The molecule has 0 saturated heterocycles. The fraction of sp³-hybridized carbons (Fsp3) is 0.571. The lowest BCUT2D eigenvalue weighted by Crippen LogP contribution is -2.34. The van der Waals surface area contributed by atoms with Crippen molar-refractivity contribution in [2.24, 2.45) is 0 Å². The minimum absolute atomic E-state index is 0.584. The van der Waals surface area contributed by atoms with Crippen LogP contribution in [0.3, 0.4) is 0 Å². The Morgan fingerprint density at radius 2 is 1.80 bits per heavy atom. The number of para-hydroxylation sites is 1. The van der Waals surface area contributed by atoms with Crippen LogP contribution in [-0.4, -0.2) is 18.3 Å². The van der Waals surface area contributed by atoms with E-state index in [0.717, 1.165) is 5.69 Å². The fourth-order valence-electron chi connectivity index (χ4n) is 2.08. The van der Waals surface area contributed by atoms with Gasteiger partial charge in [-0.05, 0) is 36.9 Å². The van der Waals surface area contributed by atoms with Crippen LogP contribution in [0.25, 0.3) is 0 Å². The van der Waals surface area contributed by atoms with Gasteiger partial charge in [-0.1, -0.05) is 38.5 Å². The molecule has 0 spiro atoms. The van der Waals surface area contributed by atoms with Crippen LogP contribution in [0.1, 0.15) is 33.1 Å². The van der Waals surface area contributed by atoms with Crippen molar-refractivity contribution in [1.29, 1.82) is 0 Å². The Labute approximate surface area is 126 Å². The third-order valence-corrected chi connectivity index (χ3v) is 7.66. The van der Waals surface area contributed by atoms with Crippen LogP contribution < -0.4 is 14.3 Å². The van der Waals surface area contributed by atoms with E-state index in [1.165, 1.54) is 19.3 Å². The minimum atomic E-state index is -2.79. The van der Waals surface area contributed by atoms with Crippen molar-refractivity contribution in [3.63, 3.8) is 0 Å². The van der Waals surface area contributed by atoms with Gasteiger partial charge >= 0.3 is 7.59 Å². The van der Waals surface area contributed by atoms with Crippen LogP contribution in [0.4, 0.5) is 5.69 Å². The maximum atomic E-state index is 13.3. The van der Waals surface area contributed by atoms with Crippen LogP contribution in [0.5, 0.6) is 0 Å². The average Bonchev–Trinajstić information content (AvgIpc) is 2.39. The number of hydrogen-bond donors (Lipinski definition) is 2. The molecule has 1 aromatic rings. The Morgan fingerprint density at radius 3 is 2.25 bits per heavy atom. The number of nitrogens with one attached hydrogen (secondary N) is 2. The quantitative estimate of drug-likeness (QED) is 0.560. The zero-order chi connectivity index (χ0) is 14.4. The van der Waals surface area contributed by atoms with E-state index in [9.17, 15) is 4.57 Å². The first-order chi connectivity index (χ1) is 9.69. The first-order valence-corrected chi connectivity index (χ1v) is 9.82. The summed E-state index contributed by atoms with van der Waals surface area (Å²) in [5.41, 5.74) is 0.995. The molecular formula is C14H24N3OPS. The van der Waals surface area contributed by atoms with Gasteiger partial charge < -0.3 is 0 Å². The Hall–Kier alpha value is -0.480. The molecule has 0 aliphatic heterocycles. The van der Waals surface area contributed by atoms with Gasteiger partial charge in [-0.25, -0.2) is 14.3 Å². The van der Waals surface area contributed by atoms with Gasteiger partial charge in [0.2, 0.25) is 0 Å². The van der Waals surface area contributed by atoms with Crippen LogP contribution in [0.15, 0.2) is 30.3 Å². The largest absolute Gasteiger partial charge is 0.315 e. The van der Waals surface area contributed by atoms with Crippen LogP contribution in [0, 0.1) is 0 Å². The lowest BCUT2D eigenvalue weighted by Gasteiger charge is -2.37. The van der Waals surface area contributed by atoms with E-state index in [2.05, 4.69) is 10.2 Å². The summed E-state index contributed by atoms with van der Waals surface area (Å²) in [7, 11) is -2.79. The molecule has 20 heavy (non-hydrogen) atoms. The van der Waals surface area contributed by atoms with E-state index in [4.69, 9.17) is 0 Å². The molecule has 112 valence electrons. The molecule has 1 aromatic carbocycles. The standard InChI is InChI=1S/C14H24N3OPS/c1-3-15-19(18,16-4-2)17(20-14-11-8-12-14)13-9-6-5-7-10-13/h5-7,9-10,14H,3-4,8,11-12H2,1-2H3,(H2,15,16,18). The van der Waals surface area contributed by atoms with Gasteiger partial charge in [0, 0.05) is 18.3 Å². The zero-order valence-electron chi connectivity index (χ0n) is 12.2. The summed E-state index contributed by atoms with van der Waals surface area (Å²) in [5, 5.41) is 6.91. The van der Waals surface area contributed by atoms with Gasteiger partial charge in [-0.2, -0.15) is 0 Å². The highest BCUT2D eigenvalue weighted by atomic mass is 32.2. The van der Waals surface area contributed by atoms with Gasteiger partial charge in [-0.3, -0.25) is 4.57 Å². The highest BCUT2D eigenvalue weighted by molar-refractivity contribution is 8.07. The molecule has 0 bridgehead atoms. The summed E-state index contributed by atoms with van der Waals surface area (Å²) in [6.45, 7) is 5.33. The third-order valence-electron chi connectivity index (χ3n) is 3.28. The summed E-state index contributed by atoms with van der Waals surface area (Å²) in [5.74, 6) is 0. The van der Waals surface area contributed by atoms with E-state index in [-0.39, 0.29) is 0 Å². The van der Waals surface area contributed by atoms with Gasteiger partial charge in [0.15, 0.2) is 0 Å². The molecule has 0 heterocycles. The molecule has 1 aliphatic carbocycles. The number of rotatable bonds is 8. The Bertz CT molecular complexity index is 443.